The highest BCUT2D eigenvalue weighted by molar-refractivity contribution is 5.05. The van der Waals surface area contributed by atoms with Crippen LogP contribution in [0.5, 0.6) is 0 Å². The first kappa shape index (κ1) is 12.5. The number of aromatic nitrogens is 3. The van der Waals surface area contributed by atoms with Gasteiger partial charge in [0.15, 0.2) is 5.88 Å². The van der Waals surface area contributed by atoms with Crippen LogP contribution < -0.4 is 0 Å². The average molecular weight is 264 g/mol. The fourth-order valence-electron chi connectivity index (χ4n) is 2.62. The predicted molar refractivity (Wildman–Crippen MR) is 69.2 cm³/mol. The van der Waals surface area contributed by atoms with E-state index in [1.54, 1.807) is 6.20 Å². The lowest BCUT2D eigenvalue weighted by atomic mass is 10.2. The van der Waals surface area contributed by atoms with E-state index in [-0.39, 0.29) is 17.7 Å². The van der Waals surface area contributed by atoms with Crippen LogP contribution in [0.1, 0.15) is 32.5 Å². The lowest BCUT2D eigenvalue weighted by molar-refractivity contribution is -0.0129. The molecule has 6 nitrogen and oxygen atoms in total. The van der Waals surface area contributed by atoms with Gasteiger partial charge in [-0.05, 0) is 27.4 Å². The van der Waals surface area contributed by atoms with Crippen molar-refractivity contribution in [2.45, 2.75) is 45.1 Å². The Hall–Kier alpha value is -1.56. The van der Waals surface area contributed by atoms with Crippen LogP contribution in [0.4, 0.5) is 0 Å². The lowest BCUT2D eigenvalue weighted by Gasteiger charge is -2.28. The molecule has 2 unspecified atom stereocenters. The van der Waals surface area contributed by atoms with Crippen LogP contribution in [-0.2, 0) is 16.1 Å². The van der Waals surface area contributed by atoms with Crippen molar-refractivity contribution in [1.29, 1.82) is 0 Å². The summed E-state index contributed by atoms with van der Waals surface area (Å²) in [5.41, 5.74) is 0.801. The molecule has 1 aromatic rings. The molecular weight excluding hydrogens is 244 g/mol. The lowest BCUT2D eigenvalue weighted by Crippen LogP contribution is -2.32. The molecule has 2 aliphatic rings. The third kappa shape index (κ3) is 2.32. The van der Waals surface area contributed by atoms with Crippen LogP contribution in [0.25, 0.3) is 0 Å². The van der Waals surface area contributed by atoms with Crippen LogP contribution in [0.2, 0.25) is 0 Å². The van der Waals surface area contributed by atoms with E-state index in [1.807, 2.05) is 25.5 Å². The maximum absolute atomic E-state index is 5.86. The molecule has 1 aromatic heterocycles. The van der Waals surface area contributed by atoms with Crippen molar-refractivity contribution in [2.24, 2.45) is 0 Å². The topological polar surface area (TPSA) is 52.4 Å². The van der Waals surface area contributed by atoms with E-state index in [0.29, 0.717) is 12.5 Å². The molecule has 0 radical (unpaired) electrons. The molecule has 3 heterocycles. The summed E-state index contributed by atoms with van der Waals surface area (Å²) in [6, 6.07) is 0.201. The van der Waals surface area contributed by atoms with Gasteiger partial charge in [0.1, 0.15) is 5.60 Å². The minimum Gasteiger partial charge on any atom is -0.474 e. The van der Waals surface area contributed by atoms with Gasteiger partial charge >= 0.3 is 0 Å². The predicted octanol–water partition coefficient (Wildman–Crippen LogP) is 1.32. The van der Waals surface area contributed by atoms with Gasteiger partial charge in [0.25, 0.3) is 0 Å². The Morgan fingerprint density at radius 1 is 1.47 bits per heavy atom. The van der Waals surface area contributed by atoms with Crippen LogP contribution in [0.3, 0.4) is 0 Å². The SMILES string of the molecule is C=C(OC(C)(C)C)N1CC2OCc3cnnn3C2C1. The number of likely N-dealkylation sites (tertiary alicyclic amines) is 1. The Morgan fingerprint density at radius 3 is 3.00 bits per heavy atom. The summed E-state index contributed by atoms with van der Waals surface area (Å²) in [7, 11) is 0. The van der Waals surface area contributed by atoms with Gasteiger partial charge in [0.2, 0.25) is 0 Å². The van der Waals surface area contributed by atoms with Crippen molar-refractivity contribution in [3.05, 3.63) is 24.4 Å². The quantitative estimate of drug-likeness (QED) is 0.754. The number of hydrogen-bond acceptors (Lipinski definition) is 5. The van der Waals surface area contributed by atoms with Crippen molar-refractivity contribution in [1.82, 2.24) is 19.9 Å². The highest BCUT2D eigenvalue weighted by atomic mass is 16.5. The first-order valence-corrected chi connectivity index (χ1v) is 6.57. The molecule has 0 spiro atoms. The number of rotatable bonds is 2. The molecule has 6 heteroatoms. The van der Waals surface area contributed by atoms with Crippen molar-refractivity contribution in [2.75, 3.05) is 13.1 Å². The zero-order chi connectivity index (χ0) is 13.6. The van der Waals surface area contributed by atoms with Crippen LogP contribution in [0.15, 0.2) is 18.7 Å². The van der Waals surface area contributed by atoms with Crippen molar-refractivity contribution in [3.63, 3.8) is 0 Å². The van der Waals surface area contributed by atoms with Crippen molar-refractivity contribution in [3.8, 4) is 0 Å². The number of nitrogens with zero attached hydrogens (tertiary/aromatic N) is 4. The Morgan fingerprint density at radius 2 is 2.26 bits per heavy atom. The van der Waals surface area contributed by atoms with Crippen LogP contribution in [0, 0.1) is 0 Å². The third-order valence-electron chi connectivity index (χ3n) is 3.42. The maximum Gasteiger partial charge on any atom is 0.182 e. The van der Waals surface area contributed by atoms with E-state index in [1.165, 1.54) is 0 Å². The summed E-state index contributed by atoms with van der Waals surface area (Å²) in [6.45, 7) is 12.3. The number of ether oxygens (including phenoxy) is 2. The van der Waals surface area contributed by atoms with E-state index < -0.39 is 0 Å². The van der Waals surface area contributed by atoms with E-state index >= 15 is 0 Å². The van der Waals surface area contributed by atoms with Crippen molar-refractivity contribution < 1.29 is 9.47 Å². The maximum atomic E-state index is 5.86. The van der Waals surface area contributed by atoms with Gasteiger partial charge < -0.3 is 14.4 Å². The second kappa shape index (κ2) is 4.23. The molecule has 0 saturated carbocycles. The van der Waals surface area contributed by atoms with Gasteiger partial charge in [-0.3, -0.25) is 0 Å². The summed E-state index contributed by atoms with van der Waals surface area (Å²) >= 11 is 0. The monoisotopic (exact) mass is 264 g/mol. The van der Waals surface area contributed by atoms with E-state index in [9.17, 15) is 0 Å². The van der Waals surface area contributed by atoms with Gasteiger partial charge in [-0.15, -0.1) is 5.10 Å². The van der Waals surface area contributed by atoms with E-state index in [2.05, 4.69) is 21.8 Å². The first-order chi connectivity index (χ1) is 8.94. The fourth-order valence-corrected chi connectivity index (χ4v) is 2.62. The molecule has 0 amide bonds. The van der Waals surface area contributed by atoms with Gasteiger partial charge in [0, 0.05) is 13.1 Å². The molecule has 19 heavy (non-hydrogen) atoms. The van der Waals surface area contributed by atoms with Crippen LogP contribution in [-0.4, -0.2) is 44.7 Å². The molecule has 1 fully saturated rings. The summed E-state index contributed by atoms with van der Waals surface area (Å²) in [5, 5.41) is 8.11. The number of hydrogen-bond donors (Lipinski definition) is 0. The highest BCUT2D eigenvalue weighted by Crippen LogP contribution is 2.32. The molecule has 0 bridgehead atoms. The normalized spacial score (nSPS) is 25.9. The van der Waals surface area contributed by atoms with Crippen molar-refractivity contribution >= 4 is 0 Å². The first-order valence-electron chi connectivity index (χ1n) is 6.57. The van der Waals surface area contributed by atoms with E-state index in [0.717, 1.165) is 18.8 Å². The molecule has 0 aromatic carbocycles. The third-order valence-corrected chi connectivity index (χ3v) is 3.42. The Balaban J connectivity index is 1.72. The highest BCUT2D eigenvalue weighted by Gasteiger charge is 2.40. The minimum atomic E-state index is -0.232. The van der Waals surface area contributed by atoms with Gasteiger partial charge in [-0.1, -0.05) is 5.21 Å². The zero-order valence-electron chi connectivity index (χ0n) is 11.7. The molecule has 0 N–H and O–H groups in total. The summed E-state index contributed by atoms with van der Waals surface area (Å²) in [6.07, 6.45) is 1.90. The molecule has 3 rings (SSSR count). The summed E-state index contributed by atoms with van der Waals surface area (Å²) < 4.78 is 13.7. The van der Waals surface area contributed by atoms with Gasteiger partial charge in [0.05, 0.1) is 30.6 Å². The standard InChI is InChI=1S/C13H20N4O2/c1-9(19-13(2,3)4)16-6-11-12(7-16)18-8-10-5-14-15-17(10)11/h5,11-12H,1,6-8H2,2-4H3. The molecule has 2 aliphatic heterocycles. The average Bonchev–Trinajstić information content (AvgIpc) is 2.92. The Kier molecular flexibility index (Phi) is 2.78. The second-order valence-electron chi connectivity index (χ2n) is 6.10. The smallest absolute Gasteiger partial charge is 0.182 e. The molecule has 0 aliphatic carbocycles. The largest absolute Gasteiger partial charge is 0.474 e. The number of fused-ring (bicyclic) bond motifs is 3. The summed E-state index contributed by atoms with van der Waals surface area (Å²) in [4.78, 5) is 2.12. The zero-order valence-corrected chi connectivity index (χ0v) is 11.7. The van der Waals surface area contributed by atoms with Crippen LogP contribution >= 0.6 is 0 Å². The molecule has 2 atom stereocenters. The Bertz CT molecular complexity index is 491. The van der Waals surface area contributed by atoms with E-state index in [4.69, 9.17) is 9.47 Å². The molecular formula is C13H20N4O2. The summed E-state index contributed by atoms with van der Waals surface area (Å²) in [5.74, 6) is 0.701. The Labute approximate surface area is 113 Å². The molecule has 104 valence electrons. The van der Waals surface area contributed by atoms with Gasteiger partial charge in [-0.25, -0.2) is 4.68 Å². The fraction of sp³-hybridized carbons (Fsp3) is 0.692. The van der Waals surface area contributed by atoms with Gasteiger partial charge in [-0.2, -0.15) is 0 Å². The molecule has 1 saturated heterocycles. The minimum absolute atomic E-state index is 0.134. The second-order valence-corrected chi connectivity index (χ2v) is 6.10.